The minimum absolute atomic E-state index is 0.104. The van der Waals surface area contributed by atoms with E-state index in [1.807, 2.05) is 0 Å². The first-order valence-corrected chi connectivity index (χ1v) is 9.92. The van der Waals surface area contributed by atoms with E-state index in [-0.39, 0.29) is 29.4 Å². The standard InChI is InChI=1S/C18H17FN6O4S/c1-22-15-14(16(28)23(2)18(22)29)24(9-20-15)7-12(26)21-25-13(27)8-30-17(25)10-3-5-11(19)6-4-10/h3-6,9,17H,7-8H2,1-2H3,(H,21,26). The van der Waals surface area contributed by atoms with E-state index < -0.39 is 28.3 Å². The third-order valence-corrected chi connectivity index (χ3v) is 6.01. The lowest BCUT2D eigenvalue weighted by molar-refractivity contribution is -0.139. The summed E-state index contributed by atoms with van der Waals surface area (Å²) < 4.78 is 16.7. The molecule has 0 saturated carbocycles. The molecule has 1 N–H and O–H groups in total. The maximum absolute atomic E-state index is 13.2. The number of amides is 2. The molecule has 0 aliphatic carbocycles. The summed E-state index contributed by atoms with van der Waals surface area (Å²) in [4.78, 5) is 53.5. The van der Waals surface area contributed by atoms with Crippen molar-refractivity contribution in [2.24, 2.45) is 14.1 Å². The number of nitrogens with zero attached hydrogens (tertiary/aromatic N) is 5. The molecule has 3 heterocycles. The first-order valence-electron chi connectivity index (χ1n) is 8.87. The lowest BCUT2D eigenvalue weighted by Crippen LogP contribution is -2.46. The van der Waals surface area contributed by atoms with Gasteiger partial charge >= 0.3 is 5.69 Å². The second-order valence-corrected chi connectivity index (χ2v) is 7.83. The summed E-state index contributed by atoms with van der Waals surface area (Å²) in [5.74, 6) is -1.07. The Morgan fingerprint density at radius 1 is 1.20 bits per heavy atom. The fourth-order valence-corrected chi connectivity index (χ4v) is 4.37. The Kier molecular flexibility index (Phi) is 4.94. The molecule has 1 aliphatic heterocycles. The lowest BCUT2D eigenvalue weighted by atomic mass is 10.2. The molecule has 1 saturated heterocycles. The number of halogens is 1. The van der Waals surface area contributed by atoms with Crippen LogP contribution in [0.1, 0.15) is 10.9 Å². The van der Waals surface area contributed by atoms with E-state index in [1.165, 1.54) is 58.5 Å². The van der Waals surface area contributed by atoms with Crippen LogP contribution in [-0.2, 0) is 30.2 Å². The van der Waals surface area contributed by atoms with Crippen molar-refractivity contribution in [3.05, 3.63) is 62.8 Å². The third-order valence-electron chi connectivity index (χ3n) is 4.80. The fourth-order valence-electron chi connectivity index (χ4n) is 3.26. The summed E-state index contributed by atoms with van der Waals surface area (Å²) in [6.45, 7) is -0.283. The number of nitrogens with one attached hydrogen (secondary N) is 1. The first-order chi connectivity index (χ1) is 14.3. The number of aromatic nitrogens is 4. The van der Waals surface area contributed by atoms with E-state index in [1.54, 1.807) is 12.1 Å². The molecule has 4 rings (SSSR count). The van der Waals surface area contributed by atoms with E-state index in [0.717, 1.165) is 4.57 Å². The van der Waals surface area contributed by atoms with Crippen LogP contribution in [0.3, 0.4) is 0 Å². The van der Waals surface area contributed by atoms with Crippen LogP contribution in [0.4, 0.5) is 4.39 Å². The second-order valence-electron chi connectivity index (χ2n) is 6.76. The van der Waals surface area contributed by atoms with Crippen LogP contribution in [0.2, 0.25) is 0 Å². The summed E-state index contributed by atoms with van der Waals surface area (Å²) >= 11 is 1.31. The van der Waals surface area contributed by atoms with Gasteiger partial charge in [0.05, 0.1) is 12.1 Å². The molecular formula is C18H17FN6O4S. The SMILES string of the molecule is Cn1c(=O)c2c(ncn2CC(=O)NN2C(=O)CSC2c2ccc(F)cc2)n(C)c1=O. The topological polar surface area (TPSA) is 111 Å². The van der Waals surface area contributed by atoms with Crippen LogP contribution in [0, 0.1) is 5.82 Å². The number of benzene rings is 1. The number of fused-ring (bicyclic) bond motifs is 1. The van der Waals surface area contributed by atoms with Crippen molar-refractivity contribution in [2.75, 3.05) is 5.75 Å². The Morgan fingerprint density at radius 2 is 1.90 bits per heavy atom. The van der Waals surface area contributed by atoms with E-state index >= 15 is 0 Å². The summed E-state index contributed by atoms with van der Waals surface area (Å²) in [5.41, 5.74) is 2.40. The van der Waals surface area contributed by atoms with Crippen LogP contribution >= 0.6 is 11.8 Å². The highest BCUT2D eigenvalue weighted by Crippen LogP contribution is 2.37. The van der Waals surface area contributed by atoms with Crippen molar-refractivity contribution in [3.63, 3.8) is 0 Å². The number of imidazole rings is 1. The Hall–Kier alpha value is -3.41. The molecule has 156 valence electrons. The second kappa shape index (κ2) is 7.44. The molecule has 2 amide bonds. The Labute approximate surface area is 172 Å². The number of thioether (sulfide) groups is 1. The smallest absolute Gasteiger partial charge is 0.315 e. The molecule has 1 aliphatic rings. The van der Waals surface area contributed by atoms with Crippen molar-refractivity contribution < 1.29 is 14.0 Å². The molecule has 0 bridgehead atoms. The lowest BCUT2D eigenvalue weighted by Gasteiger charge is -2.24. The quantitative estimate of drug-likeness (QED) is 0.615. The number of aryl methyl sites for hydroxylation is 1. The Morgan fingerprint density at radius 3 is 2.60 bits per heavy atom. The summed E-state index contributed by atoms with van der Waals surface area (Å²) in [6.07, 6.45) is 1.29. The van der Waals surface area contributed by atoms with Crippen molar-refractivity contribution in [1.29, 1.82) is 0 Å². The maximum atomic E-state index is 13.2. The molecule has 10 nitrogen and oxygen atoms in total. The molecule has 1 atom stereocenters. The molecule has 0 radical (unpaired) electrons. The highest BCUT2D eigenvalue weighted by atomic mass is 32.2. The Balaban J connectivity index is 1.59. The molecule has 1 aromatic carbocycles. The highest BCUT2D eigenvalue weighted by Gasteiger charge is 2.34. The van der Waals surface area contributed by atoms with Gasteiger partial charge in [-0.1, -0.05) is 12.1 Å². The molecular weight excluding hydrogens is 415 g/mol. The molecule has 2 aromatic heterocycles. The minimum atomic E-state index is -0.574. The summed E-state index contributed by atoms with van der Waals surface area (Å²) in [5, 5.41) is 0.711. The van der Waals surface area contributed by atoms with Crippen LogP contribution in [0.5, 0.6) is 0 Å². The Bertz CT molecular complexity index is 1280. The predicted octanol–water partition coefficient (Wildman–Crippen LogP) is -0.122. The van der Waals surface area contributed by atoms with Gasteiger partial charge in [0.1, 0.15) is 17.7 Å². The van der Waals surface area contributed by atoms with Gasteiger partial charge in [-0.3, -0.25) is 28.9 Å². The van der Waals surface area contributed by atoms with E-state index in [0.29, 0.717) is 5.56 Å². The molecule has 1 unspecified atom stereocenters. The zero-order chi connectivity index (χ0) is 21.6. The van der Waals surface area contributed by atoms with Crippen LogP contribution in [0.15, 0.2) is 40.2 Å². The van der Waals surface area contributed by atoms with Crippen molar-refractivity contribution in [1.82, 2.24) is 29.1 Å². The largest absolute Gasteiger partial charge is 0.332 e. The number of hydrazine groups is 1. The molecule has 30 heavy (non-hydrogen) atoms. The summed E-state index contributed by atoms with van der Waals surface area (Å²) in [6, 6.07) is 5.68. The minimum Gasteiger partial charge on any atom is -0.315 e. The first kappa shape index (κ1) is 19.9. The van der Waals surface area contributed by atoms with Gasteiger partial charge in [-0.15, -0.1) is 11.8 Å². The molecule has 12 heteroatoms. The van der Waals surface area contributed by atoms with Gasteiger partial charge in [-0.25, -0.2) is 19.2 Å². The van der Waals surface area contributed by atoms with Gasteiger partial charge in [-0.2, -0.15) is 0 Å². The van der Waals surface area contributed by atoms with E-state index in [2.05, 4.69) is 10.4 Å². The third kappa shape index (κ3) is 3.28. The van der Waals surface area contributed by atoms with Crippen molar-refractivity contribution in [3.8, 4) is 0 Å². The fraction of sp³-hybridized carbons (Fsp3) is 0.278. The van der Waals surface area contributed by atoms with E-state index in [4.69, 9.17) is 0 Å². The highest BCUT2D eigenvalue weighted by molar-refractivity contribution is 8.00. The summed E-state index contributed by atoms with van der Waals surface area (Å²) in [7, 11) is 2.82. The van der Waals surface area contributed by atoms with E-state index in [9.17, 15) is 23.6 Å². The van der Waals surface area contributed by atoms with Gasteiger partial charge in [0.25, 0.3) is 17.4 Å². The van der Waals surface area contributed by atoms with Crippen molar-refractivity contribution in [2.45, 2.75) is 11.9 Å². The average Bonchev–Trinajstić information content (AvgIpc) is 3.29. The van der Waals surface area contributed by atoms with Gasteiger partial charge in [0.15, 0.2) is 11.2 Å². The number of carbonyl (C=O) groups excluding carboxylic acids is 2. The van der Waals surface area contributed by atoms with Crippen LogP contribution in [0.25, 0.3) is 11.2 Å². The number of rotatable bonds is 4. The maximum Gasteiger partial charge on any atom is 0.332 e. The normalized spacial score (nSPS) is 16.4. The zero-order valence-electron chi connectivity index (χ0n) is 16.0. The van der Waals surface area contributed by atoms with Crippen molar-refractivity contribution >= 4 is 34.7 Å². The predicted molar refractivity (Wildman–Crippen MR) is 107 cm³/mol. The molecule has 0 spiro atoms. The van der Waals surface area contributed by atoms with Gasteiger partial charge in [0.2, 0.25) is 0 Å². The van der Waals surface area contributed by atoms with Crippen LogP contribution < -0.4 is 16.7 Å². The number of hydrogen-bond acceptors (Lipinski definition) is 6. The van der Waals surface area contributed by atoms with Crippen LogP contribution in [-0.4, -0.2) is 41.3 Å². The monoisotopic (exact) mass is 432 g/mol. The van der Waals surface area contributed by atoms with Gasteiger partial charge < -0.3 is 4.57 Å². The van der Waals surface area contributed by atoms with Gasteiger partial charge in [0, 0.05) is 14.1 Å². The molecule has 3 aromatic rings. The molecule has 1 fully saturated rings. The zero-order valence-corrected chi connectivity index (χ0v) is 16.9. The number of carbonyl (C=O) groups is 2. The van der Waals surface area contributed by atoms with Gasteiger partial charge in [-0.05, 0) is 17.7 Å². The number of hydrogen-bond donors (Lipinski definition) is 1. The average molecular weight is 432 g/mol.